The van der Waals surface area contributed by atoms with E-state index in [4.69, 9.17) is 9.84 Å². The van der Waals surface area contributed by atoms with Crippen molar-refractivity contribution in [3.05, 3.63) is 59.2 Å². The minimum Gasteiger partial charge on any atom is -0.491 e. The average molecular weight is 485 g/mol. The Morgan fingerprint density at radius 1 is 1.14 bits per heavy atom. The Hall–Kier alpha value is -3.63. The third kappa shape index (κ3) is 6.49. The maximum Gasteiger partial charge on any atom is 0.334 e. The molecule has 2 aromatic carbocycles. The van der Waals surface area contributed by atoms with Crippen LogP contribution in [0.4, 0.5) is 10.5 Å². The van der Waals surface area contributed by atoms with Crippen LogP contribution < -0.4 is 10.1 Å². The van der Waals surface area contributed by atoms with Crippen molar-refractivity contribution in [2.75, 3.05) is 6.54 Å². The predicted molar refractivity (Wildman–Crippen MR) is 130 cm³/mol. The first-order valence-electron chi connectivity index (χ1n) is 11.5. The second-order valence-electron chi connectivity index (χ2n) is 8.63. The molecule has 1 aliphatic rings. The van der Waals surface area contributed by atoms with E-state index in [2.05, 4.69) is 17.2 Å². The summed E-state index contributed by atoms with van der Waals surface area (Å²) in [5.74, 6) is -0.677. The van der Waals surface area contributed by atoms with Crippen molar-refractivity contribution < 1.29 is 29.6 Å². The third-order valence-electron chi connectivity index (χ3n) is 5.50. The largest absolute Gasteiger partial charge is 0.491 e. The highest BCUT2D eigenvalue weighted by Gasteiger charge is 2.38. The van der Waals surface area contributed by atoms with Crippen molar-refractivity contribution in [1.82, 2.24) is 15.1 Å². The number of ether oxygens (including phenoxy) is 1. The molecule has 2 unspecified atom stereocenters. The Labute approximate surface area is 204 Å². The van der Waals surface area contributed by atoms with Crippen LogP contribution in [0.1, 0.15) is 37.5 Å². The van der Waals surface area contributed by atoms with E-state index in [9.17, 15) is 19.8 Å². The SMILES string of the molecule is CCc1ccc(CN2C(=Nc3ccc(OC(C)C)c(C)c3)NC(=O)N(CC(O)C(=O)O)C2O)cc1. The number of carbonyl (C=O) groups excluding carboxylic acids is 1. The fraction of sp³-hybridized carbons (Fsp3) is 0.400. The van der Waals surface area contributed by atoms with E-state index >= 15 is 0 Å². The summed E-state index contributed by atoms with van der Waals surface area (Å²) in [6.45, 7) is 7.39. The van der Waals surface area contributed by atoms with E-state index < -0.39 is 31.0 Å². The second-order valence-corrected chi connectivity index (χ2v) is 8.63. The van der Waals surface area contributed by atoms with Crippen LogP contribution in [0.25, 0.3) is 0 Å². The van der Waals surface area contributed by atoms with E-state index in [0.29, 0.717) is 5.69 Å². The molecule has 0 bridgehead atoms. The molecule has 4 N–H and O–H groups in total. The summed E-state index contributed by atoms with van der Waals surface area (Å²) in [5, 5.41) is 32.5. The molecule has 2 amide bonds. The average Bonchev–Trinajstić information content (AvgIpc) is 2.81. The molecule has 0 spiro atoms. The number of hydrogen-bond donors (Lipinski definition) is 4. The molecule has 1 fully saturated rings. The summed E-state index contributed by atoms with van der Waals surface area (Å²) in [6, 6.07) is 12.3. The summed E-state index contributed by atoms with van der Waals surface area (Å²) in [7, 11) is 0. The van der Waals surface area contributed by atoms with Gasteiger partial charge in [-0.25, -0.2) is 14.6 Å². The van der Waals surface area contributed by atoms with E-state index in [1.807, 2.05) is 45.0 Å². The van der Waals surface area contributed by atoms with Gasteiger partial charge in [-0.1, -0.05) is 31.2 Å². The highest BCUT2D eigenvalue weighted by atomic mass is 16.5. The molecule has 0 saturated carbocycles. The van der Waals surface area contributed by atoms with Crippen LogP contribution >= 0.6 is 0 Å². The van der Waals surface area contributed by atoms with Gasteiger partial charge in [0.05, 0.1) is 24.9 Å². The van der Waals surface area contributed by atoms with Crippen LogP contribution in [0.5, 0.6) is 5.75 Å². The molecule has 10 nitrogen and oxygen atoms in total. The maximum atomic E-state index is 12.7. The molecule has 188 valence electrons. The Morgan fingerprint density at radius 3 is 2.37 bits per heavy atom. The quantitative estimate of drug-likeness (QED) is 0.430. The van der Waals surface area contributed by atoms with Crippen molar-refractivity contribution in [3.8, 4) is 5.75 Å². The number of carboxylic acid groups (broad SMARTS) is 1. The van der Waals surface area contributed by atoms with Crippen LogP contribution in [0.3, 0.4) is 0 Å². The Balaban J connectivity index is 1.94. The monoisotopic (exact) mass is 484 g/mol. The lowest BCUT2D eigenvalue weighted by Crippen LogP contribution is -2.66. The molecule has 0 aromatic heterocycles. The van der Waals surface area contributed by atoms with Crippen LogP contribution in [-0.2, 0) is 17.8 Å². The van der Waals surface area contributed by atoms with Crippen molar-refractivity contribution in [3.63, 3.8) is 0 Å². The number of aliphatic imine (C=N–C) groups is 1. The van der Waals surface area contributed by atoms with Gasteiger partial charge in [0.15, 0.2) is 6.10 Å². The number of aryl methyl sites for hydroxylation is 2. The summed E-state index contributed by atoms with van der Waals surface area (Å²) in [6.07, 6.45) is -2.50. The molecular formula is C25H32N4O6. The first-order valence-corrected chi connectivity index (χ1v) is 11.5. The van der Waals surface area contributed by atoms with Gasteiger partial charge in [0, 0.05) is 0 Å². The molecule has 2 aromatic rings. The molecular weight excluding hydrogens is 452 g/mol. The topological polar surface area (TPSA) is 135 Å². The van der Waals surface area contributed by atoms with Crippen LogP contribution in [-0.4, -0.2) is 68.2 Å². The zero-order valence-electron chi connectivity index (χ0n) is 20.3. The number of aliphatic hydroxyl groups excluding tert-OH is 2. The molecule has 1 saturated heterocycles. The van der Waals surface area contributed by atoms with Crippen molar-refractivity contribution in [2.45, 2.75) is 59.2 Å². The van der Waals surface area contributed by atoms with E-state index in [-0.39, 0.29) is 18.6 Å². The van der Waals surface area contributed by atoms with E-state index in [1.54, 1.807) is 18.2 Å². The zero-order chi connectivity index (χ0) is 25.7. The Kier molecular flexibility index (Phi) is 8.31. The minimum absolute atomic E-state index is 0.0142. The molecule has 2 atom stereocenters. The van der Waals surface area contributed by atoms with E-state index in [0.717, 1.165) is 33.8 Å². The molecule has 0 radical (unpaired) electrons. The van der Waals surface area contributed by atoms with Crippen LogP contribution in [0.15, 0.2) is 47.5 Å². The summed E-state index contributed by atoms with van der Waals surface area (Å²) >= 11 is 0. The maximum absolute atomic E-state index is 12.7. The number of carboxylic acids is 1. The lowest BCUT2D eigenvalue weighted by atomic mass is 10.1. The third-order valence-corrected chi connectivity index (χ3v) is 5.50. The van der Waals surface area contributed by atoms with Gasteiger partial charge in [0.25, 0.3) is 0 Å². The fourth-order valence-electron chi connectivity index (χ4n) is 3.60. The predicted octanol–water partition coefficient (Wildman–Crippen LogP) is 2.58. The summed E-state index contributed by atoms with van der Waals surface area (Å²) in [5.41, 5.74) is 3.39. The second kappa shape index (κ2) is 11.2. The number of nitrogens with one attached hydrogen (secondary N) is 1. The van der Waals surface area contributed by atoms with E-state index in [1.165, 1.54) is 4.90 Å². The molecule has 3 rings (SSSR count). The van der Waals surface area contributed by atoms with Crippen molar-refractivity contribution in [1.29, 1.82) is 0 Å². The number of guanidine groups is 1. The number of aliphatic hydroxyl groups is 2. The number of carbonyl (C=O) groups is 2. The van der Waals surface area contributed by atoms with Crippen molar-refractivity contribution in [2.24, 2.45) is 4.99 Å². The van der Waals surface area contributed by atoms with Gasteiger partial charge in [0.2, 0.25) is 12.3 Å². The number of urea groups is 1. The molecule has 10 heteroatoms. The minimum atomic E-state index is -1.85. The Bertz CT molecular complexity index is 1090. The first kappa shape index (κ1) is 26.0. The van der Waals surface area contributed by atoms with Crippen molar-refractivity contribution >= 4 is 23.6 Å². The van der Waals surface area contributed by atoms with Crippen LogP contribution in [0, 0.1) is 6.92 Å². The van der Waals surface area contributed by atoms with Crippen LogP contribution in [0.2, 0.25) is 0 Å². The van der Waals surface area contributed by atoms with Gasteiger partial charge < -0.3 is 20.1 Å². The molecule has 1 aliphatic heterocycles. The lowest BCUT2D eigenvalue weighted by Gasteiger charge is -2.42. The normalized spacial score (nSPS) is 18.1. The number of β-amino-alcohol motifs (C(OH)–C–C–N with tert-alkyl or cyclic N) is 1. The van der Waals surface area contributed by atoms with Gasteiger partial charge in [-0.15, -0.1) is 0 Å². The highest BCUT2D eigenvalue weighted by Crippen LogP contribution is 2.26. The summed E-state index contributed by atoms with van der Waals surface area (Å²) in [4.78, 5) is 30.7. The zero-order valence-corrected chi connectivity index (χ0v) is 20.3. The number of aliphatic carboxylic acids is 1. The van der Waals surface area contributed by atoms with Gasteiger partial charge in [-0.05, 0) is 62.1 Å². The van der Waals surface area contributed by atoms with Gasteiger partial charge in [-0.3, -0.25) is 15.1 Å². The van der Waals surface area contributed by atoms with Gasteiger partial charge in [-0.2, -0.15) is 0 Å². The number of rotatable bonds is 9. The standard InChI is InChI=1S/C25H32N4O6/c1-5-17-6-8-18(9-7-17)13-28-23(26-19-10-11-21(16(4)12-19)35-15(2)3)27-24(33)29(25(28)34)14-20(30)22(31)32/h6-12,15,20,25,30,34H,5,13-14H2,1-4H3,(H,31,32)(H,26,27,33). The van der Waals surface area contributed by atoms with Gasteiger partial charge in [0.1, 0.15) is 5.75 Å². The molecule has 35 heavy (non-hydrogen) atoms. The number of benzene rings is 2. The highest BCUT2D eigenvalue weighted by molar-refractivity contribution is 5.99. The number of hydrogen-bond acceptors (Lipinski definition) is 6. The molecule has 1 heterocycles. The number of nitrogens with zero attached hydrogens (tertiary/aromatic N) is 3. The number of amides is 2. The van der Waals surface area contributed by atoms with Gasteiger partial charge >= 0.3 is 12.0 Å². The summed E-state index contributed by atoms with van der Waals surface area (Å²) < 4.78 is 5.77. The first-order chi connectivity index (χ1) is 16.6. The molecule has 0 aliphatic carbocycles. The smallest absolute Gasteiger partial charge is 0.334 e. The fourth-order valence-corrected chi connectivity index (χ4v) is 3.60. The Morgan fingerprint density at radius 2 is 1.80 bits per heavy atom. The lowest BCUT2D eigenvalue weighted by molar-refractivity contribution is -0.150.